The number of aryl methyl sites for hydroxylation is 1. The summed E-state index contributed by atoms with van der Waals surface area (Å²) in [4.78, 5) is 25.3. The first kappa shape index (κ1) is 14.4. The minimum absolute atomic E-state index is 0.117. The van der Waals surface area contributed by atoms with Crippen molar-refractivity contribution in [1.29, 1.82) is 0 Å². The summed E-state index contributed by atoms with van der Waals surface area (Å²) in [5.41, 5.74) is 7.51. The molecule has 20 heavy (non-hydrogen) atoms. The Morgan fingerprint density at radius 3 is 2.60 bits per heavy atom. The van der Waals surface area contributed by atoms with Crippen molar-refractivity contribution < 1.29 is 9.59 Å². The van der Waals surface area contributed by atoms with Crippen molar-refractivity contribution in [2.75, 3.05) is 17.2 Å². The van der Waals surface area contributed by atoms with E-state index in [1.807, 2.05) is 20.8 Å². The Hall–Kier alpha value is -2.05. The second kappa shape index (κ2) is 5.15. The van der Waals surface area contributed by atoms with Crippen molar-refractivity contribution in [1.82, 2.24) is 15.1 Å². The minimum Gasteiger partial charge on any atom is -0.394 e. The van der Waals surface area contributed by atoms with Crippen LogP contribution in [0.3, 0.4) is 0 Å². The fraction of sp³-hybridized carbons (Fsp3) is 0.615. The van der Waals surface area contributed by atoms with Crippen LogP contribution in [-0.4, -0.2) is 34.2 Å². The van der Waals surface area contributed by atoms with E-state index in [2.05, 4.69) is 10.4 Å². The molecule has 1 atom stereocenters. The van der Waals surface area contributed by atoms with Gasteiger partial charge < -0.3 is 10.6 Å². The third-order valence-electron chi connectivity index (χ3n) is 3.54. The van der Waals surface area contributed by atoms with Crippen molar-refractivity contribution in [3.05, 3.63) is 5.69 Å². The molecule has 110 valence electrons. The number of rotatable bonds is 3. The Bertz CT molecular complexity index is 549. The average Bonchev–Trinajstić information content (AvgIpc) is 2.64. The number of nitrogens with two attached hydrogens (primary N) is 1. The second-order valence-electron chi connectivity index (χ2n) is 5.37. The lowest BCUT2D eigenvalue weighted by atomic mass is 10.1. The fourth-order valence-corrected chi connectivity index (χ4v) is 2.61. The van der Waals surface area contributed by atoms with E-state index in [0.29, 0.717) is 17.9 Å². The molecule has 0 bridgehead atoms. The number of nitrogen functional groups attached to an aromatic ring is 1. The molecule has 1 aliphatic rings. The van der Waals surface area contributed by atoms with Crippen LogP contribution in [0, 0.1) is 0 Å². The van der Waals surface area contributed by atoms with Gasteiger partial charge in [-0.3, -0.25) is 19.6 Å². The molecular formula is C13H21N5O2. The average molecular weight is 279 g/mol. The van der Waals surface area contributed by atoms with Gasteiger partial charge in [-0.25, -0.2) is 0 Å². The molecule has 3 N–H and O–H groups in total. The standard InChI is InChI=1S/C13H21N5O2/c1-5-8-12(20)15-9(19)6-18(8)13-10(14)11(7(2)3)16-17(13)4/h7-8H,5-6,14H2,1-4H3,(H,15,19,20). The predicted molar refractivity (Wildman–Crippen MR) is 76.3 cm³/mol. The smallest absolute Gasteiger partial charge is 0.249 e. The highest BCUT2D eigenvalue weighted by atomic mass is 16.2. The summed E-state index contributed by atoms with van der Waals surface area (Å²) in [6.45, 7) is 6.04. The Morgan fingerprint density at radius 1 is 1.45 bits per heavy atom. The largest absolute Gasteiger partial charge is 0.394 e. The van der Waals surface area contributed by atoms with Gasteiger partial charge >= 0.3 is 0 Å². The molecule has 7 heteroatoms. The molecule has 2 heterocycles. The van der Waals surface area contributed by atoms with Crippen LogP contribution in [0.15, 0.2) is 0 Å². The van der Waals surface area contributed by atoms with Gasteiger partial charge in [0.05, 0.1) is 17.9 Å². The van der Waals surface area contributed by atoms with Crippen LogP contribution in [0.1, 0.15) is 38.8 Å². The quantitative estimate of drug-likeness (QED) is 0.780. The van der Waals surface area contributed by atoms with Gasteiger partial charge in [0.15, 0.2) is 5.82 Å². The third-order valence-corrected chi connectivity index (χ3v) is 3.54. The summed E-state index contributed by atoms with van der Waals surface area (Å²) >= 11 is 0. The topological polar surface area (TPSA) is 93.2 Å². The molecule has 0 saturated carbocycles. The number of hydrogen-bond donors (Lipinski definition) is 2. The van der Waals surface area contributed by atoms with E-state index in [9.17, 15) is 9.59 Å². The van der Waals surface area contributed by atoms with E-state index >= 15 is 0 Å². The number of anilines is 2. The maximum absolute atomic E-state index is 11.9. The maximum Gasteiger partial charge on any atom is 0.249 e. The summed E-state index contributed by atoms with van der Waals surface area (Å²) in [5.74, 6) is 0.231. The molecule has 1 aliphatic heterocycles. The first-order valence-electron chi connectivity index (χ1n) is 6.79. The fourth-order valence-electron chi connectivity index (χ4n) is 2.61. The highest BCUT2D eigenvalue weighted by molar-refractivity contribution is 6.05. The van der Waals surface area contributed by atoms with Crippen LogP contribution >= 0.6 is 0 Å². The maximum atomic E-state index is 11.9. The molecule has 0 radical (unpaired) electrons. The number of carbonyl (C=O) groups is 2. The zero-order valence-corrected chi connectivity index (χ0v) is 12.3. The summed E-state index contributed by atoms with van der Waals surface area (Å²) in [6.07, 6.45) is 0.598. The molecule has 2 amide bonds. The number of hydrogen-bond acceptors (Lipinski definition) is 5. The van der Waals surface area contributed by atoms with Crippen LogP contribution in [0.5, 0.6) is 0 Å². The van der Waals surface area contributed by atoms with Gasteiger partial charge in [-0.2, -0.15) is 5.10 Å². The Labute approximate surface area is 118 Å². The van der Waals surface area contributed by atoms with E-state index in [4.69, 9.17) is 5.73 Å². The van der Waals surface area contributed by atoms with Crippen molar-refractivity contribution in [2.24, 2.45) is 7.05 Å². The molecule has 0 aliphatic carbocycles. The van der Waals surface area contributed by atoms with Gasteiger partial charge in [-0.05, 0) is 12.3 Å². The molecule has 0 spiro atoms. The lowest BCUT2D eigenvalue weighted by Crippen LogP contribution is -2.58. The van der Waals surface area contributed by atoms with Gasteiger partial charge in [0.1, 0.15) is 6.04 Å². The van der Waals surface area contributed by atoms with E-state index in [1.165, 1.54) is 0 Å². The van der Waals surface area contributed by atoms with Crippen LogP contribution < -0.4 is 16.0 Å². The van der Waals surface area contributed by atoms with E-state index in [1.54, 1.807) is 16.6 Å². The predicted octanol–water partition coefficient (Wildman–Crippen LogP) is 0.367. The molecule has 1 aromatic rings. The summed E-state index contributed by atoms with van der Waals surface area (Å²) in [5, 5.41) is 6.77. The van der Waals surface area contributed by atoms with Crippen LogP contribution in [0.2, 0.25) is 0 Å². The van der Waals surface area contributed by atoms with Gasteiger partial charge in [-0.15, -0.1) is 0 Å². The van der Waals surface area contributed by atoms with Gasteiger partial charge in [-0.1, -0.05) is 20.8 Å². The van der Waals surface area contributed by atoms with E-state index < -0.39 is 6.04 Å². The van der Waals surface area contributed by atoms with Crippen molar-refractivity contribution in [3.63, 3.8) is 0 Å². The molecule has 1 unspecified atom stereocenters. The molecular weight excluding hydrogens is 258 g/mol. The number of amides is 2. The summed E-state index contributed by atoms with van der Waals surface area (Å²) in [7, 11) is 1.78. The lowest BCUT2D eigenvalue weighted by Gasteiger charge is -2.35. The van der Waals surface area contributed by atoms with Crippen molar-refractivity contribution >= 4 is 23.3 Å². The number of carbonyl (C=O) groups excluding carboxylic acids is 2. The van der Waals surface area contributed by atoms with Crippen LogP contribution in [0.25, 0.3) is 0 Å². The van der Waals surface area contributed by atoms with Crippen molar-refractivity contribution in [3.8, 4) is 0 Å². The third kappa shape index (κ3) is 2.23. The molecule has 2 rings (SSSR count). The lowest BCUT2D eigenvalue weighted by molar-refractivity contribution is -0.132. The number of nitrogens with one attached hydrogen (secondary N) is 1. The Morgan fingerprint density at radius 2 is 2.10 bits per heavy atom. The first-order chi connectivity index (χ1) is 9.36. The number of nitrogens with zero attached hydrogens (tertiary/aromatic N) is 3. The van der Waals surface area contributed by atoms with Gasteiger partial charge in [0.2, 0.25) is 11.8 Å². The monoisotopic (exact) mass is 279 g/mol. The number of aromatic nitrogens is 2. The SMILES string of the molecule is CCC1C(=O)NC(=O)CN1c1c(N)c(C(C)C)nn1C. The summed E-state index contributed by atoms with van der Waals surface area (Å²) < 4.78 is 1.65. The van der Waals surface area contributed by atoms with Crippen molar-refractivity contribution in [2.45, 2.75) is 39.2 Å². The normalized spacial score (nSPS) is 19.6. The Kier molecular flexibility index (Phi) is 3.69. The Balaban J connectivity index is 2.48. The highest BCUT2D eigenvalue weighted by Gasteiger charge is 2.35. The molecule has 1 aromatic heterocycles. The minimum atomic E-state index is -0.398. The summed E-state index contributed by atoms with van der Waals surface area (Å²) in [6, 6.07) is -0.398. The van der Waals surface area contributed by atoms with Gasteiger partial charge in [0, 0.05) is 7.05 Å². The number of imide groups is 1. The van der Waals surface area contributed by atoms with Crippen LogP contribution in [-0.2, 0) is 16.6 Å². The molecule has 1 fully saturated rings. The highest BCUT2D eigenvalue weighted by Crippen LogP contribution is 2.32. The van der Waals surface area contributed by atoms with E-state index in [0.717, 1.165) is 5.69 Å². The zero-order chi connectivity index (χ0) is 15.0. The molecule has 0 aromatic carbocycles. The van der Waals surface area contributed by atoms with E-state index in [-0.39, 0.29) is 24.3 Å². The second-order valence-corrected chi connectivity index (χ2v) is 5.37. The first-order valence-corrected chi connectivity index (χ1v) is 6.79. The van der Waals surface area contributed by atoms with Gasteiger partial charge in [0.25, 0.3) is 0 Å². The number of piperazine rings is 1. The van der Waals surface area contributed by atoms with Crippen LogP contribution in [0.4, 0.5) is 11.5 Å². The molecule has 7 nitrogen and oxygen atoms in total. The zero-order valence-electron chi connectivity index (χ0n) is 12.3. The molecule has 1 saturated heterocycles.